The maximum atomic E-state index is 12.6. The summed E-state index contributed by atoms with van der Waals surface area (Å²) >= 11 is 1.59. The molecule has 0 unspecified atom stereocenters. The Hall–Kier alpha value is -4.30. The van der Waals surface area contributed by atoms with E-state index in [0.717, 1.165) is 44.1 Å². The highest BCUT2D eigenvalue weighted by atomic mass is 32.2. The molecule has 3 heterocycles. The summed E-state index contributed by atoms with van der Waals surface area (Å²) in [5, 5.41) is 4.35. The van der Waals surface area contributed by atoms with Crippen molar-refractivity contribution in [3.05, 3.63) is 101 Å². The van der Waals surface area contributed by atoms with Crippen LogP contribution in [-0.2, 0) is 5.75 Å². The Morgan fingerprint density at radius 1 is 0.943 bits per heavy atom. The Kier molecular flexibility index (Phi) is 5.56. The molecule has 0 radical (unpaired) electrons. The number of nitrogens with one attached hydrogen (secondary N) is 2. The lowest BCUT2D eigenvalue weighted by atomic mass is 10.1. The lowest BCUT2D eigenvalue weighted by molar-refractivity contribution is 0.174. The first-order chi connectivity index (χ1) is 17.2. The van der Waals surface area contributed by atoms with Crippen LogP contribution in [0, 0.1) is 0 Å². The van der Waals surface area contributed by atoms with Crippen LogP contribution in [0.1, 0.15) is 5.56 Å². The number of ether oxygens (including phenoxy) is 2. The van der Waals surface area contributed by atoms with Gasteiger partial charge in [0.2, 0.25) is 12.7 Å². The fourth-order valence-corrected chi connectivity index (χ4v) is 4.88. The summed E-state index contributed by atoms with van der Waals surface area (Å²) < 4.78 is 10.9. The van der Waals surface area contributed by atoms with Crippen molar-refractivity contribution in [3.8, 4) is 22.8 Å². The van der Waals surface area contributed by atoms with Gasteiger partial charge < -0.3 is 19.8 Å². The molecule has 0 fully saturated rings. The molecule has 172 valence electrons. The van der Waals surface area contributed by atoms with Crippen LogP contribution in [0.25, 0.3) is 22.2 Å². The maximum absolute atomic E-state index is 12.6. The molecule has 35 heavy (non-hydrogen) atoms. The number of pyridine rings is 1. The van der Waals surface area contributed by atoms with Crippen molar-refractivity contribution in [2.24, 2.45) is 0 Å². The minimum atomic E-state index is -0.0681. The summed E-state index contributed by atoms with van der Waals surface area (Å²) in [6, 6.07) is 25.3. The van der Waals surface area contributed by atoms with Crippen molar-refractivity contribution in [1.82, 2.24) is 15.0 Å². The number of hydrogen-bond donors (Lipinski definition) is 2. The van der Waals surface area contributed by atoms with Crippen LogP contribution in [0.2, 0.25) is 0 Å². The van der Waals surface area contributed by atoms with Gasteiger partial charge in [0, 0.05) is 33.5 Å². The van der Waals surface area contributed by atoms with E-state index < -0.39 is 0 Å². The molecule has 0 amide bonds. The zero-order valence-corrected chi connectivity index (χ0v) is 19.3. The first kappa shape index (κ1) is 21.2. The van der Waals surface area contributed by atoms with Gasteiger partial charge in [-0.25, -0.2) is 9.97 Å². The molecule has 2 N–H and O–H groups in total. The van der Waals surface area contributed by atoms with E-state index in [1.165, 1.54) is 0 Å². The maximum Gasteiger partial charge on any atom is 0.252 e. The molecule has 0 atom stereocenters. The quantitative estimate of drug-likeness (QED) is 0.299. The highest BCUT2D eigenvalue weighted by Crippen LogP contribution is 2.36. The minimum Gasteiger partial charge on any atom is -0.454 e. The van der Waals surface area contributed by atoms with Gasteiger partial charge in [-0.1, -0.05) is 30.3 Å². The Labute approximate surface area is 205 Å². The SMILES string of the molecule is O=c1[nH]c2ccccc2cc1CSc1ccccc1Nc1nccc(-c2ccc3c(c2)OCO3)n1. The van der Waals surface area contributed by atoms with Gasteiger partial charge >= 0.3 is 0 Å². The van der Waals surface area contributed by atoms with Crippen molar-refractivity contribution in [2.45, 2.75) is 10.6 Å². The number of fused-ring (bicyclic) bond motifs is 2. The van der Waals surface area contributed by atoms with E-state index >= 15 is 0 Å². The van der Waals surface area contributed by atoms with Crippen molar-refractivity contribution in [2.75, 3.05) is 12.1 Å². The summed E-state index contributed by atoms with van der Waals surface area (Å²) in [4.78, 5) is 25.6. The second-order valence-electron chi connectivity index (χ2n) is 7.95. The molecule has 0 spiro atoms. The molecule has 0 saturated carbocycles. The number of para-hydroxylation sites is 2. The van der Waals surface area contributed by atoms with Gasteiger partial charge in [0.05, 0.1) is 11.4 Å². The third-order valence-corrected chi connectivity index (χ3v) is 6.79. The second kappa shape index (κ2) is 9.15. The zero-order chi connectivity index (χ0) is 23.6. The van der Waals surface area contributed by atoms with E-state index in [2.05, 4.69) is 20.3 Å². The van der Waals surface area contributed by atoms with E-state index in [1.54, 1.807) is 18.0 Å². The molecule has 3 aromatic carbocycles. The molecule has 1 aliphatic rings. The van der Waals surface area contributed by atoms with Gasteiger partial charge in [0.25, 0.3) is 5.56 Å². The average molecular weight is 481 g/mol. The molecule has 0 bridgehead atoms. The Morgan fingerprint density at radius 2 is 1.80 bits per heavy atom. The monoisotopic (exact) mass is 480 g/mol. The fourth-order valence-electron chi connectivity index (χ4n) is 3.91. The first-order valence-corrected chi connectivity index (χ1v) is 12.0. The molecule has 0 saturated heterocycles. The summed E-state index contributed by atoms with van der Waals surface area (Å²) in [7, 11) is 0. The number of H-pyrrole nitrogens is 1. The smallest absolute Gasteiger partial charge is 0.252 e. The summed E-state index contributed by atoms with van der Waals surface area (Å²) in [6.07, 6.45) is 1.72. The van der Waals surface area contributed by atoms with Crippen molar-refractivity contribution in [3.63, 3.8) is 0 Å². The van der Waals surface area contributed by atoms with E-state index in [-0.39, 0.29) is 12.4 Å². The number of aromatic amines is 1. The minimum absolute atomic E-state index is 0.0681. The molecular formula is C27H20N4O3S. The first-order valence-electron chi connectivity index (χ1n) is 11.1. The molecule has 7 nitrogen and oxygen atoms in total. The Balaban J connectivity index is 1.23. The summed E-state index contributed by atoms with van der Waals surface area (Å²) in [5.41, 5.74) is 4.06. The number of anilines is 2. The number of hydrogen-bond acceptors (Lipinski definition) is 7. The molecule has 0 aliphatic carbocycles. The van der Waals surface area contributed by atoms with E-state index in [0.29, 0.717) is 17.5 Å². The van der Waals surface area contributed by atoms with Gasteiger partial charge in [-0.15, -0.1) is 11.8 Å². The molecule has 1 aliphatic heterocycles. The molecule has 2 aromatic heterocycles. The highest BCUT2D eigenvalue weighted by Gasteiger charge is 2.15. The van der Waals surface area contributed by atoms with Crippen LogP contribution in [0.15, 0.2) is 94.7 Å². The van der Waals surface area contributed by atoms with E-state index in [4.69, 9.17) is 9.47 Å². The number of thioether (sulfide) groups is 1. The Bertz CT molecular complexity index is 1600. The lowest BCUT2D eigenvalue weighted by Crippen LogP contribution is -2.11. The van der Waals surface area contributed by atoms with Crippen molar-refractivity contribution < 1.29 is 9.47 Å². The standard InChI is InChI=1S/C27H20N4O3S/c32-26-19(13-17-5-1-2-6-20(17)29-26)15-35-25-8-4-3-7-22(25)31-27-28-12-11-21(30-27)18-9-10-23-24(14-18)34-16-33-23/h1-14H,15-16H2,(H,29,32)(H,28,30,31). The van der Waals surface area contributed by atoms with Gasteiger partial charge in [0.1, 0.15) is 0 Å². The third-order valence-electron chi connectivity index (χ3n) is 5.67. The van der Waals surface area contributed by atoms with Crippen LogP contribution in [0.4, 0.5) is 11.6 Å². The molecule has 8 heteroatoms. The Morgan fingerprint density at radius 3 is 2.77 bits per heavy atom. The number of rotatable bonds is 6. The van der Waals surface area contributed by atoms with Gasteiger partial charge in [-0.2, -0.15) is 0 Å². The summed E-state index contributed by atoms with van der Waals surface area (Å²) in [5.74, 6) is 2.46. The molecular weight excluding hydrogens is 460 g/mol. The van der Waals surface area contributed by atoms with Crippen LogP contribution < -0.4 is 20.3 Å². The van der Waals surface area contributed by atoms with Crippen LogP contribution in [-0.4, -0.2) is 21.7 Å². The number of benzene rings is 3. The fraction of sp³-hybridized carbons (Fsp3) is 0.0741. The van der Waals surface area contributed by atoms with Gasteiger partial charge in [-0.05, 0) is 53.9 Å². The topological polar surface area (TPSA) is 89.1 Å². The molecule has 5 aromatic rings. The predicted octanol–water partition coefficient (Wildman–Crippen LogP) is 5.75. The average Bonchev–Trinajstić information content (AvgIpc) is 3.36. The molecule has 6 rings (SSSR count). The predicted molar refractivity (Wildman–Crippen MR) is 137 cm³/mol. The highest BCUT2D eigenvalue weighted by molar-refractivity contribution is 7.98. The van der Waals surface area contributed by atoms with Crippen molar-refractivity contribution >= 4 is 34.3 Å². The lowest BCUT2D eigenvalue weighted by Gasteiger charge is -2.11. The third kappa shape index (κ3) is 4.43. The zero-order valence-electron chi connectivity index (χ0n) is 18.5. The van der Waals surface area contributed by atoms with E-state index in [1.807, 2.05) is 78.9 Å². The second-order valence-corrected chi connectivity index (χ2v) is 8.97. The van der Waals surface area contributed by atoms with Gasteiger partial charge in [0.15, 0.2) is 11.5 Å². The summed E-state index contributed by atoms with van der Waals surface area (Å²) in [6.45, 7) is 0.231. The largest absolute Gasteiger partial charge is 0.454 e. The van der Waals surface area contributed by atoms with E-state index in [9.17, 15) is 4.79 Å². The van der Waals surface area contributed by atoms with Crippen molar-refractivity contribution in [1.29, 1.82) is 0 Å². The number of aromatic nitrogens is 3. The normalized spacial score (nSPS) is 12.1. The van der Waals surface area contributed by atoms with Crippen LogP contribution in [0.3, 0.4) is 0 Å². The van der Waals surface area contributed by atoms with Crippen LogP contribution >= 0.6 is 11.8 Å². The van der Waals surface area contributed by atoms with Crippen LogP contribution in [0.5, 0.6) is 11.5 Å². The van der Waals surface area contributed by atoms with Gasteiger partial charge in [-0.3, -0.25) is 4.79 Å². The number of nitrogens with zero attached hydrogens (tertiary/aromatic N) is 2.